The molecule has 3 rings (SSSR count). The first-order chi connectivity index (χ1) is 12.6. The second-order valence-corrected chi connectivity index (χ2v) is 9.00. The van der Waals surface area contributed by atoms with E-state index >= 15 is 0 Å². The fourth-order valence-electron chi connectivity index (χ4n) is 2.99. The van der Waals surface area contributed by atoms with Gasteiger partial charge in [0.2, 0.25) is 5.12 Å². The normalized spacial score (nSPS) is 11.6. The van der Waals surface area contributed by atoms with Crippen molar-refractivity contribution in [1.82, 2.24) is 0 Å². The molecule has 0 fully saturated rings. The van der Waals surface area contributed by atoms with E-state index in [1.807, 2.05) is 72.8 Å². The van der Waals surface area contributed by atoms with Gasteiger partial charge >= 0.3 is 0 Å². The average Bonchev–Trinajstić information content (AvgIpc) is 2.70. The van der Waals surface area contributed by atoms with Crippen LogP contribution in [0.2, 0.25) is 0 Å². The first kappa shape index (κ1) is 17.9. The Bertz CT molecular complexity index is 889. The van der Waals surface area contributed by atoms with Crippen LogP contribution in [0, 0.1) is 0 Å². The van der Waals surface area contributed by atoms with Crippen molar-refractivity contribution < 1.29 is 9.59 Å². The maximum atomic E-state index is 13.6. The third kappa shape index (κ3) is 3.02. The maximum absolute atomic E-state index is 13.6. The lowest BCUT2D eigenvalue weighted by Gasteiger charge is -2.39. The van der Waals surface area contributed by atoms with Crippen LogP contribution in [-0.2, 0) is 4.79 Å². The maximum Gasteiger partial charge on any atom is 0.209 e. The summed E-state index contributed by atoms with van der Waals surface area (Å²) < 4.78 is 0. The van der Waals surface area contributed by atoms with E-state index in [0.717, 1.165) is 21.0 Å². The molecule has 3 aromatic rings. The Kier molecular flexibility index (Phi) is 5.19. The molecule has 3 aromatic carbocycles. The number of benzene rings is 3. The molecule has 3 heteroatoms. The molecular weight excluding hydrogens is 340 g/mol. The first-order valence-electron chi connectivity index (χ1n) is 8.29. The number of rotatable bonds is 5. The van der Waals surface area contributed by atoms with Crippen LogP contribution in [0.15, 0.2) is 112 Å². The van der Waals surface area contributed by atoms with Crippen LogP contribution in [0.1, 0.15) is 17.3 Å². The summed E-state index contributed by atoms with van der Waals surface area (Å²) in [4.78, 5) is 27.5. The predicted octanol–water partition coefficient (Wildman–Crippen LogP) is 5.88. The molecule has 0 heterocycles. The van der Waals surface area contributed by atoms with Gasteiger partial charge in [-0.05, 0) is 48.9 Å². The standard InChI is InChI=1S/C23H20O2S/c1-18(2)23(25)26(20-9-5-3-6-10-20,21-11-7-4-8-12-21)22-15-13-19(17-24)14-16-22/h3-17H,1H2,2H3. The molecule has 26 heavy (non-hydrogen) atoms. The Morgan fingerprint density at radius 2 is 1.19 bits per heavy atom. The van der Waals surface area contributed by atoms with E-state index in [4.69, 9.17) is 0 Å². The lowest BCUT2D eigenvalue weighted by molar-refractivity contribution is -0.108. The van der Waals surface area contributed by atoms with Crippen LogP contribution in [0.25, 0.3) is 0 Å². The zero-order chi connectivity index (χ0) is 18.6. The molecule has 0 aliphatic heterocycles. The highest BCUT2D eigenvalue weighted by atomic mass is 32.3. The summed E-state index contributed by atoms with van der Waals surface area (Å²) in [6.45, 7) is 5.71. The smallest absolute Gasteiger partial charge is 0.209 e. The van der Waals surface area contributed by atoms with Crippen molar-refractivity contribution in [3.8, 4) is 0 Å². The van der Waals surface area contributed by atoms with Gasteiger partial charge in [0.1, 0.15) is 6.29 Å². The summed E-state index contributed by atoms with van der Waals surface area (Å²) in [6, 6.07) is 27.0. The molecule has 0 radical (unpaired) electrons. The van der Waals surface area contributed by atoms with Crippen LogP contribution in [0.3, 0.4) is 0 Å². The van der Waals surface area contributed by atoms with Crippen molar-refractivity contribution in [3.05, 3.63) is 103 Å². The SMILES string of the molecule is C=C(C)C(=O)S(c1ccccc1)(c1ccccc1)c1ccc(C=O)cc1. The summed E-state index contributed by atoms with van der Waals surface area (Å²) in [6.07, 6.45) is 0.812. The lowest BCUT2D eigenvalue weighted by Crippen LogP contribution is -2.15. The van der Waals surface area contributed by atoms with E-state index in [9.17, 15) is 9.59 Å². The molecule has 0 saturated heterocycles. The van der Waals surface area contributed by atoms with Gasteiger partial charge in [-0.25, -0.2) is 0 Å². The molecule has 2 nitrogen and oxygen atoms in total. The molecule has 0 bridgehead atoms. The van der Waals surface area contributed by atoms with E-state index < -0.39 is 10.0 Å². The van der Waals surface area contributed by atoms with E-state index in [1.54, 1.807) is 19.1 Å². The van der Waals surface area contributed by atoms with Gasteiger partial charge in [0.25, 0.3) is 0 Å². The van der Waals surface area contributed by atoms with Crippen molar-refractivity contribution in [1.29, 1.82) is 0 Å². The highest BCUT2D eigenvalue weighted by Crippen LogP contribution is 2.69. The fraction of sp³-hybridized carbons (Fsp3) is 0.0435. The van der Waals surface area contributed by atoms with E-state index in [1.165, 1.54) is 0 Å². The van der Waals surface area contributed by atoms with Crippen molar-refractivity contribution in [2.75, 3.05) is 0 Å². The Hall–Kier alpha value is -2.91. The molecule has 0 N–H and O–H groups in total. The van der Waals surface area contributed by atoms with Gasteiger partial charge < -0.3 is 0 Å². The zero-order valence-electron chi connectivity index (χ0n) is 14.6. The zero-order valence-corrected chi connectivity index (χ0v) is 15.4. The minimum absolute atomic E-state index is 0.0220. The van der Waals surface area contributed by atoms with E-state index in [-0.39, 0.29) is 5.12 Å². The van der Waals surface area contributed by atoms with Crippen LogP contribution >= 0.6 is 10.0 Å². The van der Waals surface area contributed by atoms with Crippen LogP contribution in [0.4, 0.5) is 0 Å². The van der Waals surface area contributed by atoms with Crippen molar-refractivity contribution in [3.63, 3.8) is 0 Å². The molecule has 0 atom stereocenters. The number of aldehydes is 1. The molecule has 130 valence electrons. The molecule has 0 aliphatic carbocycles. The van der Waals surface area contributed by atoms with Gasteiger partial charge in [-0.1, -0.05) is 65.1 Å². The van der Waals surface area contributed by atoms with Crippen molar-refractivity contribution in [2.45, 2.75) is 21.6 Å². The number of carbonyl (C=O) groups excluding carboxylic acids is 2. The minimum Gasteiger partial charge on any atom is -0.298 e. The van der Waals surface area contributed by atoms with Gasteiger partial charge in [-0.3, -0.25) is 9.59 Å². The summed E-state index contributed by atoms with van der Waals surface area (Å²) in [5.74, 6) is 0. The van der Waals surface area contributed by atoms with E-state index in [0.29, 0.717) is 11.1 Å². The molecule has 0 unspecified atom stereocenters. The summed E-state index contributed by atoms with van der Waals surface area (Å²) >= 11 is 0. The molecule has 0 saturated carbocycles. The van der Waals surface area contributed by atoms with Crippen LogP contribution in [-0.4, -0.2) is 11.4 Å². The highest BCUT2D eigenvalue weighted by Gasteiger charge is 2.38. The molecule has 0 aliphatic rings. The predicted molar refractivity (Wildman–Crippen MR) is 107 cm³/mol. The van der Waals surface area contributed by atoms with Gasteiger partial charge in [0.15, 0.2) is 0 Å². The van der Waals surface area contributed by atoms with Gasteiger partial charge in [-0.15, -0.1) is 0 Å². The quantitative estimate of drug-likeness (QED) is 0.420. The Balaban J connectivity index is 2.40. The largest absolute Gasteiger partial charge is 0.298 e. The molecular formula is C23H20O2S. The third-order valence-electron chi connectivity index (χ3n) is 4.19. The molecule has 0 amide bonds. The monoisotopic (exact) mass is 360 g/mol. The summed E-state index contributed by atoms with van der Waals surface area (Å²) in [5.41, 5.74) is 1.11. The average molecular weight is 360 g/mol. The number of hydrogen-bond donors (Lipinski definition) is 0. The van der Waals surface area contributed by atoms with Gasteiger partial charge in [-0.2, -0.15) is 0 Å². The molecule has 0 spiro atoms. The second kappa shape index (κ2) is 7.54. The highest BCUT2D eigenvalue weighted by molar-refractivity contribution is 8.45. The number of hydrogen-bond acceptors (Lipinski definition) is 2. The topological polar surface area (TPSA) is 34.1 Å². The lowest BCUT2D eigenvalue weighted by atomic mass is 10.2. The van der Waals surface area contributed by atoms with Gasteiger partial charge in [0.05, 0.1) is 0 Å². The number of carbonyl (C=O) groups is 2. The molecule has 0 aromatic heterocycles. The Morgan fingerprint density at radius 3 is 1.58 bits per heavy atom. The Morgan fingerprint density at radius 1 is 0.769 bits per heavy atom. The summed E-state index contributed by atoms with van der Waals surface area (Å²) in [7, 11) is -2.19. The van der Waals surface area contributed by atoms with Crippen LogP contribution in [0.5, 0.6) is 0 Å². The van der Waals surface area contributed by atoms with Crippen molar-refractivity contribution in [2.24, 2.45) is 0 Å². The van der Waals surface area contributed by atoms with Crippen molar-refractivity contribution >= 4 is 21.4 Å². The third-order valence-corrected chi connectivity index (χ3v) is 8.03. The van der Waals surface area contributed by atoms with Gasteiger partial charge in [0, 0.05) is 20.2 Å². The fourth-order valence-corrected chi connectivity index (χ4v) is 6.65. The summed E-state index contributed by atoms with van der Waals surface area (Å²) in [5, 5.41) is 0.0220. The Labute approximate surface area is 155 Å². The van der Waals surface area contributed by atoms with E-state index in [2.05, 4.69) is 6.58 Å². The van der Waals surface area contributed by atoms with Crippen LogP contribution < -0.4 is 0 Å². The minimum atomic E-state index is -2.19. The first-order valence-corrected chi connectivity index (χ1v) is 9.92. The second-order valence-electron chi connectivity index (χ2n) is 5.99.